The Labute approximate surface area is 171 Å². The standard InChI is InChI=1S/C21H18ClF2N3O2/c1-11(2)21(23,24)17-15(22)10-16(25-18(17)14-8-6-5-7-9-14)26-27-19(28)12(3)13(4)20(27)29/h5-10H,1H2,2-4H3,(H,25,26). The number of alkyl halides is 2. The third-order valence-electron chi connectivity index (χ3n) is 4.71. The van der Waals surface area contributed by atoms with Crippen molar-refractivity contribution in [2.24, 2.45) is 0 Å². The van der Waals surface area contributed by atoms with E-state index in [1.54, 1.807) is 30.3 Å². The summed E-state index contributed by atoms with van der Waals surface area (Å²) in [5, 5.41) is 0.518. The van der Waals surface area contributed by atoms with Crippen LogP contribution in [0.1, 0.15) is 26.3 Å². The Bertz CT molecular complexity index is 1040. The number of hydrogen-bond donors (Lipinski definition) is 1. The third kappa shape index (κ3) is 3.53. The molecule has 8 heteroatoms. The van der Waals surface area contributed by atoms with Crippen molar-refractivity contribution >= 4 is 29.2 Å². The Kier molecular flexibility index (Phi) is 5.28. The average Bonchev–Trinajstić information content (AvgIpc) is 2.85. The summed E-state index contributed by atoms with van der Waals surface area (Å²) in [6, 6.07) is 9.48. The average molecular weight is 418 g/mol. The minimum absolute atomic E-state index is 0.0145. The molecule has 2 amide bonds. The van der Waals surface area contributed by atoms with E-state index >= 15 is 0 Å². The summed E-state index contributed by atoms with van der Waals surface area (Å²) in [6.45, 7) is 7.63. The number of carbonyl (C=O) groups is 2. The van der Waals surface area contributed by atoms with Gasteiger partial charge in [0, 0.05) is 22.8 Å². The molecule has 0 aliphatic carbocycles. The van der Waals surface area contributed by atoms with Gasteiger partial charge in [-0.1, -0.05) is 48.5 Å². The number of aromatic nitrogens is 1. The van der Waals surface area contributed by atoms with Crippen LogP contribution in [-0.2, 0) is 15.5 Å². The summed E-state index contributed by atoms with van der Waals surface area (Å²) in [5.41, 5.74) is 2.62. The maximum Gasteiger partial charge on any atom is 0.297 e. The van der Waals surface area contributed by atoms with Crippen molar-refractivity contribution in [2.75, 3.05) is 5.43 Å². The number of imide groups is 1. The molecule has 29 heavy (non-hydrogen) atoms. The van der Waals surface area contributed by atoms with E-state index in [4.69, 9.17) is 11.6 Å². The van der Waals surface area contributed by atoms with E-state index in [0.29, 0.717) is 16.7 Å². The largest absolute Gasteiger partial charge is 0.297 e. The molecular weight excluding hydrogens is 400 g/mol. The fraction of sp³-hybridized carbons (Fsp3) is 0.190. The maximum absolute atomic E-state index is 14.9. The smallest absolute Gasteiger partial charge is 0.271 e. The maximum atomic E-state index is 14.9. The summed E-state index contributed by atoms with van der Waals surface area (Å²) in [7, 11) is 0. The van der Waals surface area contributed by atoms with E-state index in [-0.39, 0.29) is 22.1 Å². The first-order chi connectivity index (χ1) is 13.6. The van der Waals surface area contributed by atoms with Gasteiger partial charge in [0.05, 0.1) is 16.3 Å². The van der Waals surface area contributed by atoms with Gasteiger partial charge in [-0.2, -0.15) is 13.8 Å². The first kappa shape index (κ1) is 20.7. The number of hydrazine groups is 1. The lowest BCUT2D eigenvalue weighted by Crippen LogP contribution is -2.37. The number of anilines is 1. The quantitative estimate of drug-likeness (QED) is 0.543. The van der Waals surface area contributed by atoms with Gasteiger partial charge in [0.25, 0.3) is 17.7 Å². The van der Waals surface area contributed by atoms with Gasteiger partial charge in [0.15, 0.2) is 0 Å². The Morgan fingerprint density at radius 2 is 1.69 bits per heavy atom. The minimum atomic E-state index is -3.43. The molecule has 0 bridgehead atoms. The first-order valence-electron chi connectivity index (χ1n) is 8.68. The van der Waals surface area contributed by atoms with Crippen molar-refractivity contribution in [3.05, 3.63) is 70.3 Å². The molecule has 1 aromatic carbocycles. The van der Waals surface area contributed by atoms with Crippen LogP contribution < -0.4 is 5.43 Å². The lowest BCUT2D eigenvalue weighted by Gasteiger charge is -2.23. The van der Waals surface area contributed by atoms with Crippen molar-refractivity contribution in [2.45, 2.75) is 26.7 Å². The molecule has 1 aliphatic heterocycles. The third-order valence-corrected chi connectivity index (χ3v) is 5.00. The zero-order valence-corrected chi connectivity index (χ0v) is 16.8. The summed E-state index contributed by atoms with van der Waals surface area (Å²) in [4.78, 5) is 28.8. The molecule has 5 nitrogen and oxygen atoms in total. The number of carbonyl (C=O) groups excluding carboxylic acids is 2. The zero-order chi connectivity index (χ0) is 21.5. The van der Waals surface area contributed by atoms with Gasteiger partial charge in [-0.15, -0.1) is 0 Å². The van der Waals surface area contributed by atoms with Crippen LogP contribution in [0, 0.1) is 0 Å². The van der Waals surface area contributed by atoms with Gasteiger partial charge in [-0.3, -0.25) is 15.0 Å². The van der Waals surface area contributed by atoms with Crippen molar-refractivity contribution in [1.82, 2.24) is 9.99 Å². The highest BCUT2D eigenvalue weighted by Gasteiger charge is 2.39. The van der Waals surface area contributed by atoms with Crippen molar-refractivity contribution in [1.29, 1.82) is 0 Å². The molecule has 1 N–H and O–H groups in total. The van der Waals surface area contributed by atoms with Gasteiger partial charge in [0.1, 0.15) is 5.82 Å². The van der Waals surface area contributed by atoms with Crippen molar-refractivity contribution in [3.8, 4) is 11.3 Å². The second kappa shape index (κ2) is 7.40. The van der Waals surface area contributed by atoms with Crippen LogP contribution in [0.4, 0.5) is 14.6 Å². The second-order valence-electron chi connectivity index (χ2n) is 6.74. The number of benzene rings is 1. The molecule has 150 valence electrons. The monoisotopic (exact) mass is 417 g/mol. The number of hydrogen-bond acceptors (Lipinski definition) is 4. The number of rotatable bonds is 5. The molecule has 0 unspecified atom stereocenters. The number of nitrogens with zero attached hydrogens (tertiary/aromatic N) is 2. The lowest BCUT2D eigenvalue weighted by molar-refractivity contribution is -0.135. The molecular formula is C21H18ClF2N3O2. The molecule has 0 radical (unpaired) electrons. The highest BCUT2D eigenvalue weighted by molar-refractivity contribution is 6.32. The summed E-state index contributed by atoms with van der Waals surface area (Å²) < 4.78 is 29.8. The van der Waals surface area contributed by atoms with Gasteiger partial charge < -0.3 is 0 Å². The van der Waals surface area contributed by atoms with Crippen molar-refractivity contribution < 1.29 is 18.4 Å². The normalized spacial score (nSPS) is 14.6. The van der Waals surface area contributed by atoms with Gasteiger partial charge >= 0.3 is 0 Å². The van der Waals surface area contributed by atoms with Crippen LogP contribution >= 0.6 is 11.6 Å². The van der Waals surface area contributed by atoms with Gasteiger partial charge in [-0.25, -0.2) is 4.98 Å². The van der Waals surface area contributed by atoms with Crippen LogP contribution in [0.3, 0.4) is 0 Å². The molecule has 0 atom stereocenters. The molecule has 0 saturated carbocycles. The van der Waals surface area contributed by atoms with E-state index < -0.39 is 23.3 Å². The number of amides is 2. The Hall–Kier alpha value is -3.06. The second-order valence-corrected chi connectivity index (χ2v) is 7.15. The first-order valence-corrected chi connectivity index (χ1v) is 9.06. The van der Waals surface area contributed by atoms with E-state index in [1.165, 1.54) is 20.8 Å². The summed E-state index contributed by atoms with van der Waals surface area (Å²) >= 11 is 6.23. The molecule has 0 saturated heterocycles. The van der Waals surface area contributed by atoms with Gasteiger partial charge in [0.2, 0.25) is 0 Å². The minimum Gasteiger partial charge on any atom is -0.271 e. The Morgan fingerprint density at radius 1 is 1.14 bits per heavy atom. The number of allylic oxidation sites excluding steroid dienone is 1. The summed E-state index contributed by atoms with van der Waals surface area (Å²) in [5.74, 6) is -4.52. The fourth-order valence-corrected chi connectivity index (χ4v) is 3.16. The fourth-order valence-electron chi connectivity index (χ4n) is 2.85. The van der Waals surface area contributed by atoms with E-state index in [2.05, 4.69) is 17.0 Å². The molecule has 0 spiro atoms. The zero-order valence-electron chi connectivity index (χ0n) is 16.0. The SMILES string of the molecule is C=C(C)C(F)(F)c1c(Cl)cc(NN2C(=O)C(C)=C(C)C2=O)nc1-c1ccccc1. The molecule has 2 aromatic rings. The molecule has 1 aliphatic rings. The number of pyridine rings is 1. The topological polar surface area (TPSA) is 62.3 Å². The van der Waals surface area contributed by atoms with E-state index in [9.17, 15) is 18.4 Å². The molecule has 3 rings (SSSR count). The van der Waals surface area contributed by atoms with E-state index in [1.807, 2.05) is 0 Å². The predicted octanol–water partition coefficient (Wildman–Crippen LogP) is 5.10. The summed E-state index contributed by atoms with van der Waals surface area (Å²) in [6.07, 6.45) is 0. The molecule has 1 aromatic heterocycles. The highest BCUT2D eigenvalue weighted by atomic mass is 35.5. The van der Waals surface area contributed by atoms with Crippen molar-refractivity contribution in [3.63, 3.8) is 0 Å². The van der Waals surface area contributed by atoms with Crippen LogP contribution in [-0.4, -0.2) is 21.8 Å². The van der Waals surface area contributed by atoms with Crippen LogP contribution in [0.25, 0.3) is 11.3 Å². The molecule has 2 heterocycles. The highest BCUT2D eigenvalue weighted by Crippen LogP contribution is 2.44. The predicted molar refractivity (Wildman–Crippen MR) is 107 cm³/mol. The van der Waals surface area contributed by atoms with E-state index in [0.717, 1.165) is 11.1 Å². The number of halogens is 3. The molecule has 0 fully saturated rings. The van der Waals surface area contributed by atoms with Crippen LogP contribution in [0.15, 0.2) is 59.7 Å². The van der Waals surface area contributed by atoms with Gasteiger partial charge in [-0.05, 0) is 26.3 Å². The Morgan fingerprint density at radius 3 is 2.21 bits per heavy atom. The Balaban J connectivity index is 2.13. The van der Waals surface area contributed by atoms with Crippen LogP contribution in [0.5, 0.6) is 0 Å². The van der Waals surface area contributed by atoms with Crippen LogP contribution in [0.2, 0.25) is 5.02 Å². The number of nitrogens with one attached hydrogen (secondary N) is 1. The lowest BCUT2D eigenvalue weighted by atomic mass is 9.97.